The lowest BCUT2D eigenvalue weighted by Gasteiger charge is -2.23. The Bertz CT molecular complexity index is 514. The van der Waals surface area contributed by atoms with E-state index >= 15 is 0 Å². The van der Waals surface area contributed by atoms with Gasteiger partial charge in [0.15, 0.2) is 0 Å². The van der Waals surface area contributed by atoms with Gasteiger partial charge in [-0.05, 0) is 19.9 Å². The summed E-state index contributed by atoms with van der Waals surface area (Å²) in [6.45, 7) is 3.97. The Balaban J connectivity index is 2.90. The molecule has 1 rings (SSSR count). The number of non-ortho nitro benzene ring substituents is 1. The predicted molar refractivity (Wildman–Crippen MR) is 79.0 cm³/mol. The lowest BCUT2D eigenvalue weighted by atomic mass is 9.92. The Morgan fingerprint density at radius 1 is 1.25 bits per heavy atom. The van der Waals surface area contributed by atoms with E-state index < -0.39 is 10.3 Å². The van der Waals surface area contributed by atoms with Gasteiger partial charge in [-0.1, -0.05) is 0 Å². The van der Waals surface area contributed by atoms with Crippen LogP contribution in [0.4, 0.5) is 17.1 Å². The van der Waals surface area contributed by atoms with E-state index in [0.717, 1.165) is 0 Å². The average molecular weight is 280 g/mol. The molecule has 1 aromatic carbocycles. The summed E-state index contributed by atoms with van der Waals surface area (Å²) in [5.41, 5.74) is 0.621. The zero-order valence-corrected chi connectivity index (χ0v) is 12.1. The number of benzene rings is 1. The van der Waals surface area contributed by atoms with E-state index in [9.17, 15) is 14.9 Å². The summed E-state index contributed by atoms with van der Waals surface area (Å²) in [5, 5.41) is 19.4. The summed E-state index contributed by atoms with van der Waals surface area (Å²) in [7, 11) is 3.27. The molecule has 0 saturated carbocycles. The number of nitrogens with zero attached hydrogens (tertiary/aromatic N) is 1. The molecule has 20 heavy (non-hydrogen) atoms. The Morgan fingerprint density at radius 3 is 2.35 bits per heavy atom. The molecule has 7 nitrogen and oxygen atoms in total. The van der Waals surface area contributed by atoms with Crippen molar-refractivity contribution in [3.05, 3.63) is 28.3 Å². The van der Waals surface area contributed by atoms with Gasteiger partial charge in [0.05, 0.1) is 10.3 Å². The standard InChI is InChI=1S/C13H20N4O3/c1-13(2,12(18)15-4)8-16-10-5-9(14-3)6-11(7-10)17(19)20/h5-7,14,16H,8H2,1-4H3,(H,15,18). The minimum absolute atomic E-state index is 0.00269. The lowest BCUT2D eigenvalue weighted by Crippen LogP contribution is -2.39. The van der Waals surface area contributed by atoms with E-state index in [0.29, 0.717) is 17.9 Å². The predicted octanol–water partition coefficient (Wildman–Crippen LogP) is 1.82. The number of carbonyl (C=O) groups is 1. The van der Waals surface area contributed by atoms with Gasteiger partial charge in [0.2, 0.25) is 5.91 Å². The van der Waals surface area contributed by atoms with Crippen LogP contribution < -0.4 is 16.0 Å². The van der Waals surface area contributed by atoms with E-state index in [1.165, 1.54) is 12.1 Å². The highest BCUT2D eigenvalue weighted by atomic mass is 16.6. The molecule has 0 aliphatic carbocycles. The molecule has 0 fully saturated rings. The maximum absolute atomic E-state index is 11.7. The molecule has 7 heteroatoms. The van der Waals surface area contributed by atoms with Crippen LogP contribution in [-0.4, -0.2) is 31.5 Å². The molecule has 0 bridgehead atoms. The Hall–Kier alpha value is -2.31. The number of amides is 1. The number of nitro benzene ring substituents is 1. The Labute approximate surface area is 117 Å². The third-order valence-electron chi connectivity index (χ3n) is 2.99. The fraction of sp³-hybridized carbons (Fsp3) is 0.462. The second kappa shape index (κ2) is 6.23. The number of rotatable bonds is 6. The molecule has 0 spiro atoms. The van der Waals surface area contributed by atoms with E-state index in [-0.39, 0.29) is 11.6 Å². The highest BCUT2D eigenvalue weighted by Gasteiger charge is 2.26. The summed E-state index contributed by atoms with van der Waals surface area (Å²) in [4.78, 5) is 22.1. The highest BCUT2D eigenvalue weighted by molar-refractivity contribution is 5.82. The fourth-order valence-corrected chi connectivity index (χ4v) is 1.70. The smallest absolute Gasteiger partial charge is 0.273 e. The average Bonchev–Trinajstić information content (AvgIpc) is 2.43. The Kier molecular flexibility index (Phi) is 4.90. The number of nitrogens with one attached hydrogen (secondary N) is 3. The van der Waals surface area contributed by atoms with Crippen molar-refractivity contribution in [3.8, 4) is 0 Å². The van der Waals surface area contributed by atoms with Gasteiger partial charge in [-0.25, -0.2) is 0 Å². The number of carbonyl (C=O) groups excluding carboxylic acids is 1. The Morgan fingerprint density at radius 2 is 1.85 bits per heavy atom. The molecule has 0 heterocycles. The summed E-state index contributed by atoms with van der Waals surface area (Å²) in [5.74, 6) is -0.0933. The van der Waals surface area contributed by atoms with Gasteiger partial charge in [0, 0.05) is 44.1 Å². The molecule has 0 atom stereocenters. The monoisotopic (exact) mass is 280 g/mol. The van der Waals surface area contributed by atoms with Gasteiger partial charge < -0.3 is 16.0 Å². The van der Waals surface area contributed by atoms with Crippen molar-refractivity contribution in [2.75, 3.05) is 31.3 Å². The number of nitro groups is 1. The van der Waals surface area contributed by atoms with Gasteiger partial charge in [0.25, 0.3) is 5.69 Å². The van der Waals surface area contributed by atoms with Crippen LogP contribution in [-0.2, 0) is 4.79 Å². The van der Waals surface area contributed by atoms with Crippen LogP contribution in [0.5, 0.6) is 0 Å². The fourth-order valence-electron chi connectivity index (χ4n) is 1.70. The molecule has 3 N–H and O–H groups in total. The zero-order valence-electron chi connectivity index (χ0n) is 12.1. The normalized spacial score (nSPS) is 10.8. The minimum atomic E-state index is -0.612. The molecular weight excluding hydrogens is 260 g/mol. The summed E-state index contributed by atoms with van der Waals surface area (Å²) in [6.07, 6.45) is 0. The SMILES string of the molecule is CNC(=O)C(C)(C)CNc1cc(NC)cc([N+](=O)[O-])c1. The number of hydrogen-bond acceptors (Lipinski definition) is 5. The molecule has 0 aliphatic rings. The second-order valence-electron chi connectivity index (χ2n) is 5.09. The molecule has 0 radical (unpaired) electrons. The van der Waals surface area contributed by atoms with Crippen molar-refractivity contribution in [2.24, 2.45) is 5.41 Å². The maximum Gasteiger partial charge on any atom is 0.273 e. The van der Waals surface area contributed by atoms with Crippen LogP contribution in [0.1, 0.15) is 13.8 Å². The quantitative estimate of drug-likeness (QED) is 0.545. The zero-order chi connectivity index (χ0) is 15.3. The summed E-state index contributed by atoms with van der Waals surface area (Å²) >= 11 is 0. The first-order chi connectivity index (χ1) is 9.30. The van der Waals surface area contributed by atoms with Gasteiger partial charge in [0.1, 0.15) is 0 Å². The van der Waals surface area contributed by atoms with Crippen LogP contribution in [0.2, 0.25) is 0 Å². The third-order valence-corrected chi connectivity index (χ3v) is 2.99. The first-order valence-corrected chi connectivity index (χ1v) is 6.23. The molecule has 0 saturated heterocycles. The highest BCUT2D eigenvalue weighted by Crippen LogP contribution is 2.25. The number of hydrogen-bond donors (Lipinski definition) is 3. The molecule has 110 valence electrons. The van der Waals surface area contributed by atoms with E-state index in [4.69, 9.17) is 0 Å². The van der Waals surface area contributed by atoms with Gasteiger partial charge in [-0.15, -0.1) is 0 Å². The van der Waals surface area contributed by atoms with Crippen LogP contribution >= 0.6 is 0 Å². The summed E-state index contributed by atoms with van der Waals surface area (Å²) in [6, 6.07) is 4.66. The molecule has 1 aromatic rings. The maximum atomic E-state index is 11.7. The molecular formula is C13H20N4O3. The lowest BCUT2D eigenvalue weighted by molar-refractivity contribution is -0.384. The van der Waals surface area contributed by atoms with Gasteiger partial charge in [-0.3, -0.25) is 14.9 Å². The van der Waals surface area contributed by atoms with Crippen molar-refractivity contribution < 1.29 is 9.72 Å². The molecule has 1 amide bonds. The van der Waals surface area contributed by atoms with Crippen LogP contribution in [0.15, 0.2) is 18.2 Å². The van der Waals surface area contributed by atoms with Gasteiger partial charge >= 0.3 is 0 Å². The first kappa shape index (κ1) is 15.7. The van der Waals surface area contributed by atoms with Crippen LogP contribution in [0.25, 0.3) is 0 Å². The minimum Gasteiger partial charge on any atom is -0.388 e. The molecule has 0 aliphatic heterocycles. The van der Waals surface area contributed by atoms with E-state index in [1.807, 2.05) is 0 Å². The van der Waals surface area contributed by atoms with Crippen molar-refractivity contribution in [3.63, 3.8) is 0 Å². The van der Waals surface area contributed by atoms with Crippen LogP contribution in [0, 0.1) is 15.5 Å². The molecule has 0 unspecified atom stereocenters. The first-order valence-electron chi connectivity index (χ1n) is 6.23. The number of anilines is 2. The van der Waals surface area contributed by atoms with Crippen molar-refractivity contribution >= 4 is 23.0 Å². The van der Waals surface area contributed by atoms with E-state index in [1.54, 1.807) is 34.0 Å². The van der Waals surface area contributed by atoms with Crippen molar-refractivity contribution in [1.82, 2.24) is 5.32 Å². The topological polar surface area (TPSA) is 96.3 Å². The third kappa shape index (κ3) is 3.84. The van der Waals surface area contributed by atoms with Crippen molar-refractivity contribution in [2.45, 2.75) is 13.8 Å². The summed E-state index contributed by atoms with van der Waals surface area (Å²) < 4.78 is 0. The van der Waals surface area contributed by atoms with E-state index in [2.05, 4.69) is 16.0 Å². The largest absolute Gasteiger partial charge is 0.388 e. The second-order valence-corrected chi connectivity index (χ2v) is 5.09. The van der Waals surface area contributed by atoms with Crippen molar-refractivity contribution in [1.29, 1.82) is 0 Å². The van der Waals surface area contributed by atoms with Gasteiger partial charge in [-0.2, -0.15) is 0 Å². The van der Waals surface area contributed by atoms with Crippen LogP contribution in [0.3, 0.4) is 0 Å². The molecule has 0 aromatic heterocycles.